The minimum Gasteiger partial charge on any atom is -0.493 e. The van der Waals surface area contributed by atoms with Crippen molar-refractivity contribution in [2.75, 3.05) is 20.3 Å². The van der Waals surface area contributed by atoms with Crippen molar-refractivity contribution in [3.8, 4) is 5.75 Å². The molecule has 0 amide bonds. The first-order valence-corrected chi connectivity index (χ1v) is 9.46. The molecule has 0 fully saturated rings. The van der Waals surface area contributed by atoms with E-state index in [1.54, 1.807) is 11.8 Å². The normalized spacial score (nSPS) is 17.1. The molecule has 5 nitrogen and oxygen atoms in total. The summed E-state index contributed by atoms with van der Waals surface area (Å²) in [6, 6.07) is 11.6. The Kier molecular flexibility index (Phi) is 5.65. The van der Waals surface area contributed by atoms with Gasteiger partial charge in [0.2, 0.25) is 0 Å². The number of nitrogens with zero attached hydrogens (tertiary/aromatic N) is 1. The summed E-state index contributed by atoms with van der Waals surface area (Å²) in [5, 5.41) is 5.96. The van der Waals surface area contributed by atoms with Gasteiger partial charge in [0, 0.05) is 18.3 Å². The number of benzene rings is 2. The molecule has 142 valence electrons. The highest BCUT2D eigenvalue weighted by atomic mass is 32.1. The zero-order chi connectivity index (χ0) is 19.6. The van der Waals surface area contributed by atoms with Gasteiger partial charge < -0.3 is 19.7 Å². The average molecular weight is 385 g/mol. The average Bonchev–Trinajstić information content (AvgIpc) is 2.66. The van der Waals surface area contributed by atoms with Crippen molar-refractivity contribution in [1.82, 2.24) is 10.2 Å². The van der Waals surface area contributed by atoms with E-state index < -0.39 is 6.04 Å². The zero-order valence-corrected chi connectivity index (χ0v) is 16.9. The van der Waals surface area contributed by atoms with Gasteiger partial charge in [-0.25, -0.2) is 4.79 Å². The largest absolute Gasteiger partial charge is 0.493 e. The van der Waals surface area contributed by atoms with E-state index in [9.17, 15) is 4.79 Å². The van der Waals surface area contributed by atoms with Gasteiger partial charge >= 0.3 is 5.97 Å². The van der Waals surface area contributed by atoms with Crippen LogP contribution in [0.2, 0.25) is 0 Å². The first-order chi connectivity index (χ1) is 13.0. The molecule has 1 aliphatic heterocycles. The van der Waals surface area contributed by atoms with E-state index in [0.29, 0.717) is 23.9 Å². The van der Waals surface area contributed by atoms with Crippen LogP contribution in [0.5, 0.6) is 5.75 Å². The molecular formula is C21H24N2O3S. The number of hydrogen-bond acceptors (Lipinski definition) is 4. The first kappa shape index (κ1) is 19.2. The van der Waals surface area contributed by atoms with Crippen LogP contribution >= 0.6 is 12.2 Å². The molecule has 6 heteroatoms. The molecule has 0 radical (unpaired) electrons. The highest BCUT2D eigenvalue weighted by molar-refractivity contribution is 7.80. The molecule has 1 heterocycles. The van der Waals surface area contributed by atoms with Gasteiger partial charge in [0.15, 0.2) is 5.11 Å². The van der Waals surface area contributed by atoms with Gasteiger partial charge in [0.05, 0.1) is 24.8 Å². The van der Waals surface area contributed by atoms with Crippen LogP contribution in [0, 0.1) is 0 Å². The van der Waals surface area contributed by atoms with Gasteiger partial charge in [-0.1, -0.05) is 30.3 Å². The quantitative estimate of drug-likeness (QED) is 0.623. The van der Waals surface area contributed by atoms with Crippen molar-refractivity contribution >= 4 is 34.1 Å². The Balaban J connectivity index is 2.28. The summed E-state index contributed by atoms with van der Waals surface area (Å²) in [5.74, 6) is 0.382. The van der Waals surface area contributed by atoms with Crippen molar-refractivity contribution in [2.24, 2.45) is 0 Å². The van der Waals surface area contributed by atoms with Gasteiger partial charge in [0.1, 0.15) is 5.75 Å². The molecular weight excluding hydrogens is 360 g/mol. The fourth-order valence-electron chi connectivity index (χ4n) is 3.38. The topological polar surface area (TPSA) is 50.8 Å². The van der Waals surface area contributed by atoms with Crippen LogP contribution < -0.4 is 10.1 Å². The van der Waals surface area contributed by atoms with Gasteiger partial charge in [0.25, 0.3) is 0 Å². The molecule has 1 aliphatic rings. The summed E-state index contributed by atoms with van der Waals surface area (Å²) >= 11 is 5.50. The minimum absolute atomic E-state index is 0.310. The molecule has 0 bridgehead atoms. The van der Waals surface area contributed by atoms with Crippen LogP contribution in [0.15, 0.2) is 47.7 Å². The Labute approximate surface area is 164 Å². The number of rotatable bonds is 5. The maximum Gasteiger partial charge on any atom is 0.338 e. The Morgan fingerprint density at radius 1 is 1.19 bits per heavy atom. The molecule has 1 atom stereocenters. The standard InChI is InChI=1S/C21H24N2O3S/c1-5-25-16-12-11-14-9-7-8-10-15(14)18(16)19-17(20(24)26-6-2)13(3)23(4)21(27)22-19/h7-12,19H,5-6H2,1-4H3,(H,22,27)/t19-/m1/s1. The van der Waals surface area contributed by atoms with E-state index >= 15 is 0 Å². The number of esters is 1. The van der Waals surface area contributed by atoms with Crippen LogP contribution in [-0.2, 0) is 9.53 Å². The highest BCUT2D eigenvalue weighted by Gasteiger charge is 2.35. The molecule has 0 spiro atoms. The molecule has 3 rings (SSSR count). The number of allylic oxidation sites excluding steroid dienone is 1. The molecule has 2 aromatic rings. The number of fused-ring (bicyclic) bond motifs is 1. The second-order valence-electron chi connectivity index (χ2n) is 6.29. The number of nitrogens with one attached hydrogen (secondary N) is 1. The monoisotopic (exact) mass is 384 g/mol. The maximum absolute atomic E-state index is 12.8. The Morgan fingerprint density at radius 2 is 1.93 bits per heavy atom. The summed E-state index contributed by atoms with van der Waals surface area (Å²) in [6.45, 7) is 6.47. The summed E-state index contributed by atoms with van der Waals surface area (Å²) in [6.07, 6.45) is 0. The Hall–Kier alpha value is -2.60. The van der Waals surface area contributed by atoms with E-state index in [1.165, 1.54) is 0 Å². The lowest BCUT2D eigenvalue weighted by molar-refractivity contribution is -0.139. The summed E-state index contributed by atoms with van der Waals surface area (Å²) < 4.78 is 11.3. The van der Waals surface area contributed by atoms with Crippen molar-refractivity contribution < 1.29 is 14.3 Å². The maximum atomic E-state index is 12.8. The van der Waals surface area contributed by atoms with Crippen LogP contribution in [-0.4, -0.2) is 36.2 Å². The van der Waals surface area contributed by atoms with Crippen LogP contribution in [0.1, 0.15) is 32.4 Å². The van der Waals surface area contributed by atoms with Crippen LogP contribution in [0.25, 0.3) is 10.8 Å². The number of carbonyl (C=O) groups excluding carboxylic acids is 1. The van der Waals surface area contributed by atoms with Crippen molar-refractivity contribution in [3.05, 3.63) is 53.2 Å². The molecule has 0 aliphatic carbocycles. The van der Waals surface area contributed by atoms with Crippen LogP contribution in [0.4, 0.5) is 0 Å². The minimum atomic E-state index is -0.444. The van der Waals surface area contributed by atoms with E-state index in [1.807, 2.05) is 57.3 Å². The third-order valence-electron chi connectivity index (χ3n) is 4.77. The van der Waals surface area contributed by atoms with Gasteiger partial charge in [-0.15, -0.1) is 0 Å². The van der Waals surface area contributed by atoms with Crippen molar-refractivity contribution in [3.63, 3.8) is 0 Å². The lowest BCUT2D eigenvalue weighted by Gasteiger charge is -2.36. The van der Waals surface area contributed by atoms with E-state index in [4.69, 9.17) is 21.7 Å². The van der Waals surface area contributed by atoms with Gasteiger partial charge in [-0.3, -0.25) is 0 Å². The molecule has 0 aromatic heterocycles. The lowest BCUT2D eigenvalue weighted by Crippen LogP contribution is -2.46. The predicted molar refractivity (Wildman–Crippen MR) is 111 cm³/mol. The predicted octanol–water partition coefficient (Wildman–Crippen LogP) is 3.94. The van der Waals surface area contributed by atoms with E-state index in [-0.39, 0.29) is 5.97 Å². The smallest absolute Gasteiger partial charge is 0.338 e. The fraction of sp³-hybridized carbons (Fsp3) is 0.333. The molecule has 0 saturated carbocycles. The fourth-order valence-corrected chi connectivity index (χ4v) is 3.63. The number of thiocarbonyl (C=S) groups is 1. The lowest BCUT2D eigenvalue weighted by atomic mass is 9.90. The zero-order valence-electron chi connectivity index (χ0n) is 16.0. The Morgan fingerprint density at radius 3 is 2.63 bits per heavy atom. The second kappa shape index (κ2) is 7.96. The first-order valence-electron chi connectivity index (χ1n) is 9.06. The number of carbonyl (C=O) groups is 1. The molecule has 0 saturated heterocycles. The van der Waals surface area contributed by atoms with Crippen molar-refractivity contribution in [1.29, 1.82) is 0 Å². The molecule has 1 N–H and O–H groups in total. The Bertz CT molecular complexity index is 923. The number of hydrogen-bond donors (Lipinski definition) is 1. The van der Waals surface area contributed by atoms with Gasteiger partial charge in [-0.2, -0.15) is 0 Å². The van der Waals surface area contributed by atoms with E-state index in [2.05, 4.69) is 5.32 Å². The number of ether oxygens (including phenoxy) is 2. The molecule has 27 heavy (non-hydrogen) atoms. The highest BCUT2D eigenvalue weighted by Crippen LogP contribution is 2.40. The van der Waals surface area contributed by atoms with Crippen LogP contribution in [0.3, 0.4) is 0 Å². The second-order valence-corrected chi connectivity index (χ2v) is 6.68. The van der Waals surface area contributed by atoms with Crippen molar-refractivity contribution in [2.45, 2.75) is 26.8 Å². The SMILES string of the molecule is CCOC(=O)C1=C(C)N(C)C(=S)N[C@H]1c1c(OCC)ccc2ccccc12. The molecule has 0 unspecified atom stereocenters. The van der Waals surface area contributed by atoms with Gasteiger partial charge in [-0.05, 0) is 49.8 Å². The summed E-state index contributed by atoms with van der Waals surface area (Å²) in [5.41, 5.74) is 2.22. The van der Waals surface area contributed by atoms with E-state index in [0.717, 1.165) is 27.8 Å². The summed E-state index contributed by atoms with van der Waals surface area (Å²) in [7, 11) is 1.84. The third-order valence-corrected chi connectivity index (χ3v) is 5.16. The molecule has 2 aromatic carbocycles. The third kappa shape index (κ3) is 3.49. The summed E-state index contributed by atoms with van der Waals surface area (Å²) in [4.78, 5) is 14.6.